The number of benzene rings is 1. The molecule has 0 aromatic heterocycles. The number of hydrogen-bond acceptors (Lipinski definition) is 3. The highest BCUT2D eigenvalue weighted by molar-refractivity contribution is 7.99. The molecule has 14 heavy (non-hydrogen) atoms. The van der Waals surface area contributed by atoms with Crippen LogP contribution < -0.4 is 4.74 Å². The second kappa shape index (κ2) is 5.49. The molecule has 0 aliphatic rings. The predicted octanol–water partition coefficient (Wildman–Crippen LogP) is 2.95. The molecule has 0 saturated carbocycles. The van der Waals surface area contributed by atoms with Gasteiger partial charge < -0.3 is 9.84 Å². The van der Waals surface area contributed by atoms with Crippen LogP contribution in [-0.4, -0.2) is 18.0 Å². The second-order valence-corrected chi connectivity index (χ2v) is 4.40. The van der Waals surface area contributed by atoms with Gasteiger partial charge in [-0.15, -0.1) is 11.8 Å². The number of aliphatic hydroxyl groups excluding tert-OH is 1. The predicted molar refractivity (Wildman–Crippen MR) is 60.3 cm³/mol. The van der Waals surface area contributed by atoms with E-state index < -0.39 is 0 Å². The molecule has 78 valence electrons. The topological polar surface area (TPSA) is 29.5 Å². The van der Waals surface area contributed by atoms with Crippen molar-refractivity contribution in [2.75, 3.05) is 12.9 Å². The van der Waals surface area contributed by atoms with Gasteiger partial charge in [0.15, 0.2) is 0 Å². The highest BCUT2D eigenvalue weighted by atomic mass is 35.5. The van der Waals surface area contributed by atoms with Crippen LogP contribution in [0.3, 0.4) is 0 Å². The number of hydrogen-bond donors (Lipinski definition) is 1. The fourth-order valence-electron chi connectivity index (χ4n) is 1.20. The van der Waals surface area contributed by atoms with E-state index in [9.17, 15) is 0 Å². The molecule has 0 saturated heterocycles. The number of ether oxygens (including phenoxy) is 1. The summed E-state index contributed by atoms with van der Waals surface area (Å²) >= 11 is 7.52. The first-order chi connectivity index (χ1) is 6.72. The van der Waals surface area contributed by atoms with E-state index in [1.165, 1.54) is 0 Å². The summed E-state index contributed by atoms with van der Waals surface area (Å²) in [7, 11) is 1.60. The standard InChI is InChI=1S/C10H13ClO2S/c1-3-14-10-7(6-12)4-8(11)5-9(10)13-2/h4-5,12H,3,6H2,1-2H3. The Morgan fingerprint density at radius 1 is 1.50 bits per heavy atom. The van der Waals surface area contributed by atoms with Gasteiger partial charge in [-0.1, -0.05) is 18.5 Å². The van der Waals surface area contributed by atoms with Gasteiger partial charge in [0.1, 0.15) is 5.75 Å². The molecule has 1 N–H and O–H groups in total. The van der Waals surface area contributed by atoms with Crippen molar-refractivity contribution in [2.24, 2.45) is 0 Å². The van der Waals surface area contributed by atoms with Gasteiger partial charge >= 0.3 is 0 Å². The van der Waals surface area contributed by atoms with Crippen LogP contribution in [0.1, 0.15) is 12.5 Å². The summed E-state index contributed by atoms with van der Waals surface area (Å²) < 4.78 is 5.20. The van der Waals surface area contributed by atoms with Crippen molar-refractivity contribution in [3.05, 3.63) is 22.7 Å². The van der Waals surface area contributed by atoms with Crippen molar-refractivity contribution in [3.63, 3.8) is 0 Å². The molecule has 2 nitrogen and oxygen atoms in total. The zero-order valence-electron chi connectivity index (χ0n) is 8.21. The summed E-state index contributed by atoms with van der Waals surface area (Å²) in [5, 5.41) is 9.75. The van der Waals surface area contributed by atoms with Crippen LogP contribution in [0.5, 0.6) is 5.75 Å². The highest BCUT2D eigenvalue weighted by Gasteiger charge is 2.10. The molecule has 0 radical (unpaired) electrons. The van der Waals surface area contributed by atoms with Crippen molar-refractivity contribution < 1.29 is 9.84 Å². The first-order valence-corrected chi connectivity index (χ1v) is 5.69. The SMILES string of the molecule is CCSc1c(CO)cc(Cl)cc1OC. The molecule has 0 atom stereocenters. The largest absolute Gasteiger partial charge is 0.496 e. The minimum Gasteiger partial charge on any atom is -0.496 e. The fourth-order valence-corrected chi connectivity index (χ4v) is 2.31. The van der Waals surface area contributed by atoms with Gasteiger partial charge in [0, 0.05) is 5.02 Å². The van der Waals surface area contributed by atoms with Crippen molar-refractivity contribution in [1.82, 2.24) is 0 Å². The zero-order valence-corrected chi connectivity index (χ0v) is 9.78. The van der Waals surface area contributed by atoms with Gasteiger partial charge in [-0.25, -0.2) is 0 Å². The number of methoxy groups -OCH3 is 1. The van der Waals surface area contributed by atoms with Gasteiger partial charge in [-0.05, 0) is 23.4 Å². The fraction of sp³-hybridized carbons (Fsp3) is 0.400. The Hall–Kier alpha value is -0.380. The van der Waals surface area contributed by atoms with E-state index in [1.807, 2.05) is 0 Å². The van der Waals surface area contributed by atoms with Gasteiger partial charge in [0.25, 0.3) is 0 Å². The summed E-state index contributed by atoms with van der Waals surface area (Å²) in [4.78, 5) is 0.974. The van der Waals surface area contributed by atoms with Crippen LogP contribution in [0.15, 0.2) is 17.0 Å². The third-order valence-corrected chi connectivity index (χ3v) is 3.03. The molecule has 0 spiro atoms. The lowest BCUT2D eigenvalue weighted by Gasteiger charge is -2.11. The second-order valence-electron chi connectivity index (χ2n) is 2.69. The van der Waals surface area contributed by atoms with E-state index in [2.05, 4.69) is 6.92 Å². The third kappa shape index (κ3) is 2.56. The molecule has 0 heterocycles. The minimum absolute atomic E-state index is 0.0146. The first kappa shape index (κ1) is 11.7. The van der Waals surface area contributed by atoms with Crippen molar-refractivity contribution in [1.29, 1.82) is 0 Å². The molecule has 0 amide bonds. The molecule has 0 fully saturated rings. The quantitative estimate of drug-likeness (QED) is 0.810. The molecular formula is C10H13ClO2S. The van der Waals surface area contributed by atoms with E-state index in [0.717, 1.165) is 22.0 Å². The maximum absolute atomic E-state index is 9.16. The van der Waals surface area contributed by atoms with Crippen LogP contribution in [0.25, 0.3) is 0 Å². The monoisotopic (exact) mass is 232 g/mol. The van der Waals surface area contributed by atoms with Crippen molar-refractivity contribution >= 4 is 23.4 Å². The molecule has 0 unspecified atom stereocenters. The number of halogens is 1. The molecule has 0 aliphatic carbocycles. The lowest BCUT2D eigenvalue weighted by Crippen LogP contribution is -1.93. The van der Waals surface area contributed by atoms with Crippen LogP contribution in [0, 0.1) is 0 Å². The van der Waals surface area contributed by atoms with E-state index in [1.54, 1.807) is 31.0 Å². The van der Waals surface area contributed by atoms with Gasteiger partial charge in [0.2, 0.25) is 0 Å². The molecule has 1 aromatic rings. The van der Waals surface area contributed by atoms with E-state index in [0.29, 0.717) is 5.02 Å². The molecule has 4 heteroatoms. The Morgan fingerprint density at radius 2 is 2.21 bits per heavy atom. The molecule has 1 rings (SSSR count). The summed E-state index contributed by atoms with van der Waals surface area (Å²) in [6.45, 7) is 2.04. The van der Waals surface area contributed by atoms with E-state index in [-0.39, 0.29) is 6.61 Å². The minimum atomic E-state index is -0.0146. The third-order valence-electron chi connectivity index (χ3n) is 1.78. The van der Waals surface area contributed by atoms with E-state index >= 15 is 0 Å². The molecule has 1 aromatic carbocycles. The number of aliphatic hydroxyl groups is 1. The molecule has 0 bridgehead atoms. The molecule has 0 aliphatic heterocycles. The Morgan fingerprint density at radius 3 is 2.71 bits per heavy atom. The van der Waals surface area contributed by atoms with E-state index in [4.69, 9.17) is 21.4 Å². The Kier molecular flexibility index (Phi) is 4.58. The van der Waals surface area contributed by atoms with Crippen LogP contribution in [-0.2, 0) is 6.61 Å². The summed E-state index contributed by atoms with van der Waals surface area (Å²) in [6, 6.07) is 3.53. The number of rotatable bonds is 4. The van der Waals surface area contributed by atoms with Crippen LogP contribution in [0.4, 0.5) is 0 Å². The Labute approximate surface area is 93.2 Å². The maximum Gasteiger partial charge on any atom is 0.134 e. The van der Waals surface area contributed by atoms with Crippen LogP contribution in [0.2, 0.25) is 5.02 Å². The van der Waals surface area contributed by atoms with Gasteiger partial charge in [-0.2, -0.15) is 0 Å². The average molecular weight is 233 g/mol. The van der Waals surface area contributed by atoms with Gasteiger partial charge in [0.05, 0.1) is 18.6 Å². The number of thioether (sulfide) groups is 1. The zero-order chi connectivity index (χ0) is 10.6. The highest BCUT2D eigenvalue weighted by Crippen LogP contribution is 2.35. The lowest BCUT2D eigenvalue weighted by atomic mass is 10.2. The summed E-state index contributed by atoms with van der Waals surface area (Å²) in [5.41, 5.74) is 0.821. The normalized spacial score (nSPS) is 10.3. The average Bonchev–Trinajstić information content (AvgIpc) is 2.20. The Balaban J connectivity index is 3.18. The van der Waals surface area contributed by atoms with Gasteiger partial charge in [-0.3, -0.25) is 0 Å². The Bertz CT molecular complexity index is 290. The first-order valence-electron chi connectivity index (χ1n) is 4.33. The van der Waals surface area contributed by atoms with Crippen molar-refractivity contribution in [2.45, 2.75) is 18.4 Å². The van der Waals surface area contributed by atoms with Crippen LogP contribution >= 0.6 is 23.4 Å². The molecular weight excluding hydrogens is 220 g/mol. The van der Waals surface area contributed by atoms with Crippen molar-refractivity contribution in [3.8, 4) is 5.75 Å². The summed E-state index contributed by atoms with van der Waals surface area (Å²) in [6.07, 6.45) is 0. The smallest absolute Gasteiger partial charge is 0.134 e. The maximum atomic E-state index is 9.16. The summed E-state index contributed by atoms with van der Waals surface area (Å²) in [5.74, 6) is 1.67. The lowest BCUT2D eigenvalue weighted by molar-refractivity contribution is 0.277.